The first-order valence-corrected chi connectivity index (χ1v) is 6.44. The molecule has 0 saturated carbocycles. The molecule has 0 atom stereocenters. The molecule has 0 aromatic carbocycles. The molecule has 0 aliphatic rings. The first-order chi connectivity index (χ1) is 9.76. The standard InChI is InChI=1S/C10H11N9S/c1-18-4-3-13-10(18)20-9-15-7(17-11)14-8(16-9)19-5-2-12-6-19/h2-6H,11H2,1H3,(H,14,15,16,17). The van der Waals surface area contributed by atoms with Crippen molar-refractivity contribution in [3.05, 3.63) is 31.1 Å². The van der Waals surface area contributed by atoms with Gasteiger partial charge in [-0.1, -0.05) is 0 Å². The third-order valence-electron chi connectivity index (χ3n) is 2.43. The number of aryl methyl sites for hydroxylation is 1. The second kappa shape index (κ2) is 5.27. The SMILES string of the molecule is Cn1ccnc1Sc1nc(NN)nc(-n2ccnc2)n1. The van der Waals surface area contributed by atoms with Crippen molar-refractivity contribution >= 4 is 17.7 Å². The summed E-state index contributed by atoms with van der Waals surface area (Å²) in [6.07, 6.45) is 8.55. The summed E-state index contributed by atoms with van der Waals surface area (Å²) in [5.74, 6) is 6.10. The molecular weight excluding hydrogens is 278 g/mol. The first-order valence-electron chi connectivity index (χ1n) is 5.62. The van der Waals surface area contributed by atoms with E-state index in [1.807, 2.05) is 17.8 Å². The lowest BCUT2D eigenvalue weighted by Gasteiger charge is -2.06. The van der Waals surface area contributed by atoms with Crippen LogP contribution in [-0.4, -0.2) is 34.1 Å². The van der Waals surface area contributed by atoms with Crippen LogP contribution >= 0.6 is 11.8 Å². The summed E-state index contributed by atoms with van der Waals surface area (Å²) in [6, 6.07) is 0. The highest BCUT2D eigenvalue weighted by Crippen LogP contribution is 2.23. The summed E-state index contributed by atoms with van der Waals surface area (Å²) in [4.78, 5) is 20.9. The van der Waals surface area contributed by atoms with Crippen molar-refractivity contribution < 1.29 is 0 Å². The first kappa shape index (κ1) is 12.6. The summed E-state index contributed by atoms with van der Waals surface area (Å²) in [7, 11) is 1.90. The fourth-order valence-corrected chi connectivity index (χ4v) is 2.22. The van der Waals surface area contributed by atoms with Gasteiger partial charge in [0, 0.05) is 31.8 Å². The molecule has 0 aliphatic heterocycles. The van der Waals surface area contributed by atoms with Gasteiger partial charge < -0.3 is 4.57 Å². The van der Waals surface area contributed by atoms with Gasteiger partial charge in [0.15, 0.2) is 5.16 Å². The van der Waals surface area contributed by atoms with E-state index in [4.69, 9.17) is 5.84 Å². The molecule has 0 amide bonds. The number of hydrogen-bond acceptors (Lipinski definition) is 8. The highest BCUT2D eigenvalue weighted by molar-refractivity contribution is 7.99. The van der Waals surface area contributed by atoms with Crippen LogP contribution in [0.25, 0.3) is 5.95 Å². The molecule has 0 radical (unpaired) electrons. The van der Waals surface area contributed by atoms with Crippen LogP contribution in [0.15, 0.2) is 41.4 Å². The van der Waals surface area contributed by atoms with Crippen LogP contribution in [0.3, 0.4) is 0 Å². The van der Waals surface area contributed by atoms with Gasteiger partial charge in [-0.05, 0) is 11.8 Å². The van der Waals surface area contributed by atoms with E-state index in [9.17, 15) is 0 Å². The van der Waals surface area contributed by atoms with Crippen molar-refractivity contribution in [2.75, 3.05) is 5.43 Å². The van der Waals surface area contributed by atoms with Crippen LogP contribution < -0.4 is 11.3 Å². The second-order valence-electron chi connectivity index (χ2n) is 3.78. The Kier molecular flexibility index (Phi) is 3.31. The molecule has 3 aromatic rings. The van der Waals surface area contributed by atoms with E-state index < -0.39 is 0 Å². The third-order valence-corrected chi connectivity index (χ3v) is 3.37. The molecule has 3 aromatic heterocycles. The zero-order valence-corrected chi connectivity index (χ0v) is 11.3. The Morgan fingerprint density at radius 1 is 1.20 bits per heavy atom. The van der Waals surface area contributed by atoms with Gasteiger partial charge in [0.2, 0.25) is 17.1 Å². The second-order valence-corrected chi connectivity index (χ2v) is 4.71. The summed E-state index contributed by atoms with van der Waals surface area (Å²) in [6.45, 7) is 0. The molecule has 0 fully saturated rings. The van der Waals surface area contributed by atoms with E-state index in [0.29, 0.717) is 11.1 Å². The molecule has 3 rings (SSSR count). The molecule has 20 heavy (non-hydrogen) atoms. The maximum atomic E-state index is 5.39. The fourth-order valence-electron chi connectivity index (χ4n) is 1.48. The van der Waals surface area contributed by atoms with Gasteiger partial charge >= 0.3 is 0 Å². The average Bonchev–Trinajstić information content (AvgIpc) is 3.11. The molecule has 0 saturated heterocycles. The van der Waals surface area contributed by atoms with E-state index in [2.05, 4.69) is 30.3 Å². The van der Waals surface area contributed by atoms with Crippen molar-refractivity contribution in [2.24, 2.45) is 12.9 Å². The minimum Gasteiger partial charge on any atom is -0.329 e. The molecule has 10 heteroatoms. The van der Waals surface area contributed by atoms with Gasteiger partial charge in [-0.15, -0.1) is 0 Å². The van der Waals surface area contributed by atoms with Crippen LogP contribution in [0, 0.1) is 0 Å². The predicted molar refractivity (Wildman–Crippen MR) is 72.1 cm³/mol. The van der Waals surface area contributed by atoms with E-state index in [-0.39, 0.29) is 5.95 Å². The van der Waals surface area contributed by atoms with E-state index in [1.165, 1.54) is 11.8 Å². The molecule has 3 N–H and O–H groups in total. The molecule has 102 valence electrons. The Balaban J connectivity index is 1.98. The molecule has 0 aliphatic carbocycles. The predicted octanol–water partition coefficient (Wildman–Crippen LogP) is 0.228. The number of nitrogens with zero attached hydrogens (tertiary/aromatic N) is 7. The maximum absolute atomic E-state index is 5.39. The number of anilines is 1. The Labute approximate surface area is 118 Å². The quantitative estimate of drug-likeness (QED) is 0.518. The lowest BCUT2D eigenvalue weighted by atomic mass is 10.8. The summed E-state index contributed by atoms with van der Waals surface area (Å²) >= 11 is 1.32. The summed E-state index contributed by atoms with van der Waals surface area (Å²) in [5, 5.41) is 1.27. The number of rotatable bonds is 4. The number of nitrogens with two attached hydrogens (primary N) is 1. The van der Waals surface area contributed by atoms with Gasteiger partial charge in [-0.25, -0.2) is 15.8 Å². The van der Waals surface area contributed by atoms with Crippen LogP contribution in [0.2, 0.25) is 0 Å². The minimum atomic E-state index is 0.278. The molecule has 0 unspecified atom stereocenters. The maximum Gasteiger partial charge on any atom is 0.242 e. The fraction of sp³-hybridized carbons (Fsp3) is 0.100. The Morgan fingerprint density at radius 2 is 2.10 bits per heavy atom. The van der Waals surface area contributed by atoms with Gasteiger partial charge in [0.1, 0.15) is 6.33 Å². The monoisotopic (exact) mass is 289 g/mol. The highest BCUT2D eigenvalue weighted by Gasteiger charge is 2.11. The lowest BCUT2D eigenvalue weighted by Crippen LogP contribution is -2.13. The summed E-state index contributed by atoms with van der Waals surface area (Å²) < 4.78 is 3.55. The number of nitrogen functional groups attached to an aromatic ring is 1. The highest BCUT2D eigenvalue weighted by atomic mass is 32.2. The van der Waals surface area contributed by atoms with Gasteiger partial charge in [-0.3, -0.25) is 9.99 Å². The third kappa shape index (κ3) is 2.46. The molecular formula is C10H11N9S. The zero-order chi connectivity index (χ0) is 13.9. The van der Waals surface area contributed by atoms with E-state index >= 15 is 0 Å². The van der Waals surface area contributed by atoms with Crippen LogP contribution in [0.1, 0.15) is 0 Å². The lowest BCUT2D eigenvalue weighted by molar-refractivity contribution is 0.778. The molecule has 9 nitrogen and oxygen atoms in total. The van der Waals surface area contributed by atoms with E-state index in [0.717, 1.165) is 5.16 Å². The van der Waals surface area contributed by atoms with Gasteiger partial charge in [-0.2, -0.15) is 15.0 Å². The number of hydrogen-bond donors (Lipinski definition) is 2. The Morgan fingerprint density at radius 3 is 2.75 bits per heavy atom. The Bertz CT molecular complexity index is 705. The number of nitrogens with one attached hydrogen (secondary N) is 1. The van der Waals surface area contributed by atoms with Crippen LogP contribution in [0.4, 0.5) is 5.95 Å². The molecule has 0 spiro atoms. The smallest absolute Gasteiger partial charge is 0.242 e. The van der Waals surface area contributed by atoms with Crippen molar-refractivity contribution in [1.82, 2.24) is 34.1 Å². The minimum absolute atomic E-state index is 0.278. The van der Waals surface area contributed by atoms with Gasteiger partial charge in [0.25, 0.3) is 0 Å². The summed E-state index contributed by atoms with van der Waals surface area (Å²) in [5.41, 5.74) is 2.43. The average molecular weight is 289 g/mol. The largest absolute Gasteiger partial charge is 0.329 e. The van der Waals surface area contributed by atoms with Gasteiger partial charge in [0.05, 0.1) is 0 Å². The van der Waals surface area contributed by atoms with Crippen molar-refractivity contribution in [3.63, 3.8) is 0 Å². The topological polar surface area (TPSA) is 112 Å². The molecule has 3 heterocycles. The number of hydrazine groups is 1. The molecule has 0 bridgehead atoms. The van der Waals surface area contributed by atoms with Crippen LogP contribution in [0.5, 0.6) is 0 Å². The van der Waals surface area contributed by atoms with Crippen molar-refractivity contribution in [1.29, 1.82) is 0 Å². The number of aromatic nitrogens is 7. The van der Waals surface area contributed by atoms with Crippen LogP contribution in [-0.2, 0) is 7.05 Å². The normalized spacial score (nSPS) is 10.7. The zero-order valence-electron chi connectivity index (χ0n) is 10.5. The van der Waals surface area contributed by atoms with Crippen molar-refractivity contribution in [2.45, 2.75) is 10.3 Å². The Hall–Kier alpha value is -2.46. The van der Waals surface area contributed by atoms with E-state index in [1.54, 1.807) is 29.5 Å². The number of imidazole rings is 2. The van der Waals surface area contributed by atoms with Crippen molar-refractivity contribution in [3.8, 4) is 5.95 Å².